The zero-order chi connectivity index (χ0) is 20.5. The molecule has 1 aromatic heterocycles. The van der Waals surface area contributed by atoms with Crippen molar-refractivity contribution in [3.05, 3.63) is 48.0 Å². The predicted molar refractivity (Wildman–Crippen MR) is 116 cm³/mol. The summed E-state index contributed by atoms with van der Waals surface area (Å²) in [5.41, 5.74) is 3.94. The molecule has 2 heterocycles. The summed E-state index contributed by atoms with van der Waals surface area (Å²) >= 11 is 1.56. The van der Waals surface area contributed by atoms with E-state index in [0.29, 0.717) is 13.1 Å². The van der Waals surface area contributed by atoms with Crippen molar-refractivity contribution < 1.29 is 13.9 Å². The summed E-state index contributed by atoms with van der Waals surface area (Å²) in [6, 6.07) is 13.9. The Morgan fingerprint density at radius 2 is 1.97 bits per heavy atom. The highest BCUT2D eigenvalue weighted by Crippen LogP contribution is 2.53. The van der Waals surface area contributed by atoms with E-state index in [0.717, 1.165) is 38.4 Å². The molecule has 0 N–H and O–H groups in total. The van der Waals surface area contributed by atoms with Crippen LogP contribution < -0.4 is 4.74 Å². The fourth-order valence-corrected chi connectivity index (χ4v) is 5.52. The molecule has 1 unspecified atom stereocenters. The lowest BCUT2D eigenvalue weighted by Crippen LogP contribution is -2.34. The van der Waals surface area contributed by atoms with Gasteiger partial charge < -0.3 is 14.2 Å². The number of benzene rings is 2. The summed E-state index contributed by atoms with van der Waals surface area (Å²) in [5, 5.41) is 0.658. The maximum atomic E-state index is 13.5. The standard InChI is InChI=1S/C23H25FN2O2S/c1-4-25(5-2)23(27)22-20-16-8-6-7-9-18(16)26(13-12-24)21(20)17-11-10-15(28-3)14-19(17)29-22/h6-11,14,22H,4-5,12-13H2,1-3H3/i24-1. The van der Waals surface area contributed by atoms with Gasteiger partial charge in [-0.05, 0) is 38.1 Å². The molecule has 4 rings (SSSR count). The van der Waals surface area contributed by atoms with Crippen LogP contribution in [-0.4, -0.2) is 42.2 Å². The van der Waals surface area contributed by atoms with E-state index in [1.165, 1.54) is 0 Å². The molecule has 0 spiro atoms. The van der Waals surface area contributed by atoms with Crippen molar-refractivity contribution in [3.63, 3.8) is 0 Å². The van der Waals surface area contributed by atoms with Crippen molar-refractivity contribution in [1.29, 1.82) is 0 Å². The number of aryl methyl sites for hydroxylation is 1. The second-order valence-electron chi connectivity index (χ2n) is 6.99. The SMILES string of the molecule is CCN(CC)C(=O)C1Sc2cc(OC)ccc2-c2c1c1ccccc1n2CC[18F]. The molecule has 4 nitrogen and oxygen atoms in total. The molecule has 0 bridgehead atoms. The van der Waals surface area contributed by atoms with Crippen molar-refractivity contribution in [1.82, 2.24) is 9.47 Å². The van der Waals surface area contributed by atoms with Gasteiger partial charge in [-0.1, -0.05) is 18.2 Å². The highest BCUT2D eigenvalue weighted by Gasteiger charge is 2.37. The number of amides is 1. The molecule has 1 aliphatic rings. The molecule has 0 saturated heterocycles. The smallest absolute Gasteiger partial charge is 0.240 e. The predicted octanol–water partition coefficient (Wildman–Crippen LogP) is 5.30. The molecule has 1 atom stereocenters. The Labute approximate surface area is 174 Å². The van der Waals surface area contributed by atoms with E-state index < -0.39 is 6.67 Å². The average molecular weight is 412 g/mol. The second kappa shape index (κ2) is 8.11. The summed E-state index contributed by atoms with van der Waals surface area (Å²) in [5.74, 6) is 0.847. The Morgan fingerprint density at radius 3 is 2.66 bits per heavy atom. The first kappa shape index (κ1) is 19.8. The molecule has 152 valence electrons. The van der Waals surface area contributed by atoms with Gasteiger partial charge in [0.1, 0.15) is 17.7 Å². The van der Waals surface area contributed by atoms with E-state index in [4.69, 9.17) is 4.74 Å². The van der Waals surface area contributed by atoms with E-state index in [1.807, 2.05) is 65.8 Å². The number of nitrogens with zero attached hydrogens (tertiary/aromatic N) is 2. The van der Waals surface area contributed by atoms with Gasteiger partial charge in [-0.15, -0.1) is 11.8 Å². The number of rotatable bonds is 6. The van der Waals surface area contributed by atoms with Gasteiger partial charge in [0, 0.05) is 40.0 Å². The lowest BCUT2D eigenvalue weighted by atomic mass is 10.00. The Bertz CT molecular complexity index is 1060. The summed E-state index contributed by atoms with van der Waals surface area (Å²) in [6.07, 6.45) is 0. The van der Waals surface area contributed by atoms with Gasteiger partial charge in [0.25, 0.3) is 0 Å². The third-order valence-electron chi connectivity index (χ3n) is 5.57. The third kappa shape index (κ3) is 3.19. The van der Waals surface area contributed by atoms with E-state index >= 15 is 0 Å². The molecule has 0 saturated carbocycles. The van der Waals surface area contributed by atoms with Crippen molar-refractivity contribution in [2.75, 3.05) is 26.9 Å². The second-order valence-corrected chi connectivity index (χ2v) is 8.14. The number of fused-ring (bicyclic) bond motifs is 5. The first-order valence-corrected chi connectivity index (χ1v) is 10.8. The van der Waals surface area contributed by atoms with Gasteiger partial charge in [0.05, 0.1) is 19.3 Å². The zero-order valence-electron chi connectivity index (χ0n) is 16.9. The van der Waals surface area contributed by atoms with Crippen molar-refractivity contribution in [2.45, 2.75) is 30.5 Å². The summed E-state index contributed by atoms with van der Waals surface area (Å²) < 4.78 is 21.0. The number of carbonyl (C=O) groups is 1. The largest absolute Gasteiger partial charge is 0.497 e. The summed E-state index contributed by atoms with van der Waals surface area (Å²) in [7, 11) is 1.64. The van der Waals surface area contributed by atoms with Crippen LogP contribution in [0.1, 0.15) is 24.7 Å². The van der Waals surface area contributed by atoms with Gasteiger partial charge in [0.2, 0.25) is 5.91 Å². The topological polar surface area (TPSA) is 34.5 Å². The number of halogens is 1. The number of alkyl halides is 1. The van der Waals surface area contributed by atoms with Crippen LogP contribution in [0, 0.1) is 0 Å². The maximum absolute atomic E-state index is 13.5. The number of thioether (sulfide) groups is 1. The van der Waals surface area contributed by atoms with E-state index in [-0.39, 0.29) is 17.7 Å². The first-order valence-electron chi connectivity index (χ1n) is 9.95. The van der Waals surface area contributed by atoms with Crippen LogP contribution in [0.3, 0.4) is 0 Å². The molecule has 3 aromatic rings. The van der Waals surface area contributed by atoms with Gasteiger partial charge in [-0.25, -0.2) is 4.39 Å². The number of carbonyl (C=O) groups excluding carboxylic acids is 1. The first-order chi connectivity index (χ1) is 14.1. The molecule has 0 fully saturated rings. The van der Waals surface area contributed by atoms with Crippen LogP contribution in [-0.2, 0) is 11.3 Å². The van der Waals surface area contributed by atoms with Gasteiger partial charge in [-0.3, -0.25) is 4.79 Å². The fourth-order valence-electron chi connectivity index (χ4n) is 4.19. The van der Waals surface area contributed by atoms with E-state index in [9.17, 15) is 9.18 Å². The lowest BCUT2D eigenvalue weighted by molar-refractivity contribution is -0.130. The molecule has 1 amide bonds. The number of aromatic nitrogens is 1. The summed E-state index contributed by atoms with van der Waals surface area (Å²) in [4.78, 5) is 16.3. The number of ether oxygens (including phenoxy) is 1. The lowest BCUT2D eigenvalue weighted by Gasteiger charge is -2.30. The monoisotopic (exact) mass is 411 g/mol. The number of para-hydroxylation sites is 1. The number of methoxy groups -OCH3 is 1. The van der Waals surface area contributed by atoms with Crippen LogP contribution >= 0.6 is 11.8 Å². The molecular formula is C23H25FN2O2S. The Balaban J connectivity index is 2.02. The van der Waals surface area contributed by atoms with Crippen molar-refractivity contribution >= 4 is 28.6 Å². The highest BCUT2D eigenvalue weighted by atomic mass is 32.2. The van der Waals surface area contributed by atoms with Crippen LogP contribution in [0.25, 0.3) is 22.2 Å². The van der Waals surface area contributed by atoms with Crippen molar-refractivity contribution in [2.24, 2.45) is 0 Å². The summed E-state index contributed by atoms with van der Waals surface area (Å²) in [6.45, 7) is 5.13. The van der Waals surface area contributed by atoms with Crippen LogP contribution in [0.2, 0.25) is 0 Å². The molecule has 0 aliphatic carbocycles. The van der Waals surface area contributed by atoms with Gasteiger partial charge >= 0.3 is 0 Å². The number of hydrogen-bond acceptors (Lipinski definition) is 3. The zero-order valence-corrected chi connectivity index (χ0v) is 17.8. The van der Waals surface area contributed by atoms with Crippen LogP contribution in [0.15, 0.2) is 47.4 Å². The quantitative estimate of drug-likeness (QED) is 0.552. The minimum atomic E-state index is -0.460. The third-order valence-corrected chi connectivity index (χ3v) is 6.83. The van der Waals surface area contributed by atoms with Crippen LogP contribution in [0.5, 0.6) is 5.75 Å². The maximum Gasteiger partial charge on any atom is 0.240 e. The minimum absolute atomic E-state index is 0.0953. The highest BCUT2D eigenvalue weighted by molar-refractivity contribution is 8.00. The number of hydrogen-bond donors (Lipinski definition) is 0. The fraction of sp³-hybridized carbons (Fsp3) is 0.348. The normalized spacial score (nSPS) is 15.1. The Morgan fingerprint density at radius 1 is 1.21 bits per heavy atom. The Hall–Kier alpha value is -2.47. The van der Waals surface area contributed by atoms with Crippen LogP contribution in [0.4, 0.5) is 4.39 Å². The molecule has 6 heteroatoms. The molecule has 1 aliphatic heterocycles. The van der Waals surface area contributed by atoms with Gasteiger partial charge in [0.15, 0.2) is 0 Å². The molecular weight excluding hydrogens is 386 g/mol. The molecule has 0 radical (unpaired) electrons. The van der Waals surface area contributed by atoms with Crippen molar-refractivity contribution in [3.8, 4) is 17.0 Å². The number of likely N-dealkylation sites (N-methyl/N-ethyl adjacent to an activating group) is 1. The van der Waals surface area contributed by atoms with E-state index in [1.54, 1.807) is 18.9 Å². The molecule has 29 heavy (non-hydrogen) atoms. The minimum Gasteiger partial charge on any atom is -0.497 e. The van der Waals surface area contributed by atoms with Gasteiger partial charge in [-0.2, -0.15) is 0 Å². The average Bonchev–Trinajstić information content (AvgIpc) is 3.08. The van der Waals surface area contributed by atoms with E-state index in [2.05, 4.69) is 0 Å². The molecule has 2 aromatic carbocycles. The Kier molecular flexibility index (Phi) is 5.54.